The van der Waals surface area contributed by atoms with Crippen molar-refractivity contribution in [3.05, 3.63) is 23.8 Å². The fourth-order valence-electron chi connectivity index (χ4n) is 3.80. The summed E-state index contributed by atoms with van der Waals surface area (Å²) < 4.78 is 10.6. The van der Waals surface area contributed by atoms with Crippen LogP contribution in [0, 0.1) is 0 Å². The number of rotatable bonds is 6. The Morgan fingerprint density at radius 1 is 1.21 bits per heavy atom. The van der Waals surface area contributed by atoms with E-state index in [9.17, 15) is 4.79 Å². The van der Waals surface area contributed by atoms with Gasteiger partial charge in [-0.05, 0) is 55.9 Å². The molecular weight excluding hydrogens is 328 g/mol. The minimum absolute atomic E-state index is 0. The normalized spacial score (nSPS) is 24.8. The van der Waals surface area contributed by atoms with E-state index < -0.39 is 0 Å². The number of ether oxygens (including phenoxy) is 2. The van der Waals surface area contributed by atoms with Gasteiger partial charge < -0.3 is 20.1 Å². The van der Waals surface area contributed by atoms with Crippen LogP contribution in [-0.4, -0.2) is 38.3 Å². The standard InChI is InChI=1S/C18H26N2O3.ClH/c1-22-16-6-7-17(23-2)12(9-16)3-8-18(21)20-15-10-13-4-5-14(11-15)19-13;/h6-7,9,13-15,19H,3-5,8,10-11H2,1-2H3,(H,20,21);1H. The number of hydrogen-bond acceptors (Lipinski definition) is 4. The predicted molar refractivity (Wildman–Crippen MR) is 96.2 cm³/mol. The lowest BCUT2D eigenvalue weighted by Crippen LogP contribution is -2.48. The molecule has 0 saturated carbocycles. The molecular formula is C18H27ClN2O3. The highest BCUT2D eigenvalue weighted by molar-refractivity contribution is 5.85. The van der Waals surface area contributed by atoms with E-state index in [1.807, 2.05) is 18.2 Å². The lowest BCUT2D eigenvalue weighted by molar-refractivity contribution is -0.122. The van der Waals surface area contributed by atoms with E-state index in [4.69, 9.17) is 9.47 Å². The molecule has 2 N–H and O–H groups in total. The van der Waals surface area contributed by atoms with Crippen molar-refractivity contribution >= 4 is 18.3 Å². The third-order valence-electron chi connectivity index (χ3n) is 4.95. The Balaban J connectivity index is 0.00000208. The summed E-state index contributed by atoms with van der Waals surface area (Å²) in [5.41, 5.74) is 1.01. The minimum Gasteiger partial charge on any atom is -0.497 e. The number of fused-ring (bicyclic) bond motifs is 2. The van der Waals surface area contributed by atoms with Crippen LogP contribution in [0.1, 0.15) is 37.7 Å². The Kier molecular flexibility index (Phi) is 6.75. The second-order valence-electron chi connectivity index (χ2n) is 6.55. The number of methoxy groups -OCH3 is 2. The molecule has 0 radical (unpaired) electrons. The smallest absolute Gasteiger partial charge is 0.220 e. The van der Waals surface area contributed by atoms with Crippen LogP contribution >= 0.6 is 12.4 Å². The Labute approximate surface area is 149 Å². The second-order valence-corrected chi connectivity index (χ2v) is 6.55. The summed E-state index contributed by atoms with van der Waals surface area (Å²) in [6.45, 7) is 0. The lowest BCUT2D eigenvalue weighted by Gasteiger charge is -2.29. The third kappa shape index (κ3) is 4.54. The molecule has 2 aliphatic rings. The van der Waals surface area contributed by atoms with Gasteiger partial charge in [0.2, 0.25) is 5.91 Å². The summed E-state index contributed by atoms with van der Waals surface area (Å²) in [5.74, 6) is 1.72. The summed E-state index contributed by atoms with van der Waals surface area (Å²) in [7, 11) is 3.29. The van der Waals surface area contributed by atoms with Gasteiger partial charge in [0.25, 0.3) is 0 Å². The van der Waals surface area contributed by atoms with Crippen LogP contribution in [0.25, 0.3) is 0 Å². The zero-order chi connectivity index (χ0) is 16.2. The fourth-order valence-corrected chi connectivity index (χ4v) is 3.80. The highest BCUT2D eigenvalue weighted by Crippen LogP contribution is 2.27. The Bertz CT molecular complexity index is 555. The van der Waals surface area contributed by atoms with Crippen molar-refractivity contribution in [2.75, 3.05) is 14.2 Å². The topological polar surface area (TPSA) is 59.6 Å². The summed E-state index contributed by atoms with van der Waals surface area (Å²) in [5, 5.41) is 6.80. The highest BCUT2D eigenvalue weighted by Gasteiger charge is 2.33. The van der Waals surface area contributed by atoms with Crippen LogP contribution in [0.4, 0.5) is 0 Å². The van der Waals surface area contributed by atoms with Crippen molar-refractivity contribution in [3.8, 4) is 11.5 Å². The van der Waals surface area contributed by atoms with Gasteiger partial charge in [-0.15, -0.1) is 12.4 Å². The predicted octanol–water partition coefficient (Wildman–Crippen LogP) is 2.46. The first-order valence-electron chi connectivity index (χ1n) is 8.44. The van der Waals surface area contributed by atoms with Gasteiger partial charge in [-0.3, -0.25) is 4.79 Å². The zero-order valence-corrected chi connectivity index (χ0v) is 15.2. The minimum atomic E-state index is 0. The first-order chi connectivity index (χ1) is 11.2. The third-order valence-corrected chi connectivity index (χ3v) is 4.95. The van der Waals surface area contributed by atoms with E-state index in [0.29, 0.717) is 31.0 Å². The molecule has 6 heteroatoms. The second kappa shape index (κ2) is 8.58. The molecule has 2 atom stereocenters. The van der Waals surface area contributed by atoms with E-state index in [1.165, 1.54) is 12.8 Å². The van der Waals surface area contributed by atoms with Gasteiger partial charge in [-0.25, -0.2) is 0 Å². The molecule has 0 aromatic heterocycles. The van der Waals surface area contributed by atoms with Gasteiger partial charge in [0.15, 0.2) is 0 Å². The number of benzene rings is 1. The average molecular weight is 355 g/mol. The Morgan fingerprint density at radius 3 is 2.54 bits per heavy atom. The van der Waals surface area contributed by atoms with Gasteiger partial charge in [-0.2, -0.15) is 0 Å². The van der Waals surface area contributed by atoms with Gasteiger partial charge in [0.1, 0.15) is 11.5 Å². The number of amides is 1. The quantitative estimate of drug-likeness (QED) is 0.823. The zero-order valence-electron chi connectivity index (χ0n) is 14.3. The molecule has 5 nitrogen and oxygen atoms in total. The number of aryl methyl sites for hydroxylation is 1. The van der Waals surface area contributed by atoms with E-state index in [0.717, 1.165) is 29.9 Å². The van der Waals surface area contributed by atoms with Crippen molar-refractivity contribution in [1.82, 2.24) is 10.6 Å². The molecule has 2 heterocycles. The van der Waals surface area contributed by atoms with Crippen molar-refractivity contribution in [2.45, 2.75) is 56.7 Å². The van der Waals surface area contributed by atoms with E-state index >= 15 is 0 Å². The molecule has 1 aromatic carbocycles. The molecule has 0 aliphatic carbocycles. The molecule has 3 rings (SSSR count). The van der Waals surface area contributed by atoms with Crippen LogP contribution in [0.15, 0.2) is 18.2 Å². The molecule has 2 fully saturated rings. The maximum atomic E-state index is 12.3. The number of halogens is 1. The molecule has 1 aromatic rings. The van der Waals surface area contributed by atoms with Gasteiger partial charge in [-0.1, -0.05) is 0 Å². The maximum Gasteiger partial charge on any atom is 0.220 e. The lowest BCUT2D eigenvalue weighted by atomic mass is 9.99. The molecule has 2 aliphatic heterocycles. The number of carbonyl (C=O) groups is 1. The van der Waals surface area contributed by atoms with Crippen LogP contribution in [-0.2, 0) is 11.2 Å². The van der Waals surface area contributed by atoms with Crippen molar-refractivity contribution in [1.29, 1.82) is 0 Å². The first kappa shape index (κ1) is 18.9. The highest BCUT2D eigenvalue weighted by atomic mass is 35.5. The monoisotopic (exact) mass is 354 g/mol. The van der Waals surface area contributed by atoms with Crippen LogP contribution in [0.3, 0.4) is 0 Å². The Morgan fingerprint density at radius 2 is 1.92 bits per heavy atom. The van der Waals surface area contributed by atoms with Gasteiger partial charge >= 0.3 is 0 Å². The van der Waals surface area contributed by atoms with E-state index in [1.54, 1.807) is 14.2 Å². The van der Waals surface area contributed by atoms with E-state index in [-0.39, 0.29) is 18.3 Å². The molecule has 24 heavy (non-hydrogen) atoms. The van der Waals surface area contributed by atoms with Crippen LogP contribution in [0.5, 0.6) is 11.5 Å². The largest absolute Gasteiger partial charge is 0.497 e. The Hall–Kier alpha value is -1.46. The average Bonchev–Trinajstić information content (AvgIpc) is 2.91. The summed E-state index contributed by atoms with van der Waals surface area (Å²) >= 11 is 0. The summed E-state index contributed by atoms with van der Waals surface area (Å²) in [6, 6.07) is 7.21. The van der Waals surface area contributed by atoms with Crippen LogP contribution in [0.2, 0.25) is 0 Å². The van der Waals surface area contributed by atoms with Crippen molar-refractivity contribution in [3.63, 3.8) is 0 Å². The molecule has 1 amide bonds. The molecule has 2 saturated heterocycles. The number of carbonyl (C=O) groups excluding carboxylic acids is 1. The first-order valence-corrected chi connectivity index (χ1v) is 8.44. The number of piperidine rings is 1. The summed E-state index contributed by atoms with van der Waals surface area (Å²) in [6.07, 6.45) is 5.75. The fraction of sp³-hybridized carbons (Fsp3) is 0.611. The summed E-state index contributed by atoms with van der Waals surface area (Å²) in [4.78, 5) is 12.3. The number of nitrogens with one attached hydrogen (secondary N) is 2. The van der Waals surface area contributed by atoms with Gasteiger partial charge in [0, 0.05) is 24.5 Å². The van der Waals surface area contributed by atoms with Crippen molar-refractivity contribution in [2.24, 2.45) is 0 Å². The van der Waals surface area contributed by atoms with Crippen molar-refractivity contribution < 1.29 is 14.3 Å². The molecule has 134 valence electrons. The number of hydrogen-bond donors (Lipinski definition) is 2. The molecule has 2 bridgehead atoms. The van der Waals surface area contributed by atoms with E-state index in [2.05, 4.69) is 10.6 Å². The van der Waals surface area contributed by atoms with Crippen LogP contribution < -0.4 is 20.1 Å². The SMILES string of the molecule is COc1ccc(OC)c(CCC(=O)NC2CC3CCC(C2)N3)c1.Cl. The molecule has 0 spiro atoms. The van der Waals surface area contributed by atoms with Gasteiger partial charge in [0.05, 0.1) is 14.2 Å². The molecule has 2 unspecified atom stereocenters. The maximum absolute atomic E-state index is 12.3.